The van der Waals surface area contributed by atoms with Crippen LogP contribution in [0.25, 0.3) is 0 Å². The zero-order valence-corrected chi connectivity index (χ0v) is 10.4. The summed E-state index contributed by atoms with van der Waals surface area (Å²) in [5.74, 6) is 4.01. The molecular formula is C12H10ClFN4O. The molecule has 5 nitrogen and oxygen atoms in total. The number of para-hydroxylation sites is 1. The summed E-state index contributed by atoms with van der Waals surface area (Å²) in [5.41, 5.74) is 2.99. The van der Waals surface area contributed by atoms with Gasteiger partial charge in [-0.1, -0.05) is 17.7 Å². The predicted octanol–water partition coefficient (Wildman–Crippen LogP) is 2.41. The van der Waals surface area contributed by atoms with Crippen LogP contribution in [0.1, 0.15) is 10.5 Å². The Morgan fingerprint density at radius 1 is 1.32 bits per heavy atom. The maximum atomic E-state index is 13.5. The summed E-state index contributed by atoms with van der Waals surface area (Å²) in [5, 5.41) is 2.49. The maximum Gasteiger partial charge on any atom is 0.274 e. The van der Waals surface area contributed by atoms with Crippen molar-refractivity contribution >= 4 is 28.9 Å². The van der Waals surface area contributed by atoms with Crippen molar-refractivity contribution in [1.29, 1.82) is 0 Å². The van der Waals surface area contributed by atoms with Gasteiger partial charge in [-0.15, -0.1) is 0 Å². The highest BCUT2D eigenvalue weighted by Gasteiger charge is 2.13. The number of hydrogen-bond donors (Lipinski definition) is 3. The monoisotopic (exact) mass is 280 g/mol. The van der Waals surface area contributed by atoms with Gasteiger partial charge >= 0.3 is 0 Å². The van der Waals surface area contributed by atoms with E-state index in [4.69, 9.17) is 17.4 Å². The van der Waals surface area contributed by atoms with Crippen LogP contribution in [0.4, 0.5) is 15.8 Å². The smallest absolute Gasteiger partial charge is 0.274 e. The first-order valence-electron chi connectivity index (χ1n) is 5.30. The van der Waals surface area contributed by atoms with Crippen molar-refractivity contribution in [1.82, 2.24) is 4.98 Å². The van der Waals surface area contributed by atoms with Gasteiger partial charge in [-0.05, 0) is 24.3 Å². The standard InChI is InChI=1S/C12H10ClFN4O/c13-8-2-1-3-9(14)11(8)17-12(19)10-5-4-7(18-15)6-16-10/h1-6,18H,15H2,(H,17,19). The van der Waals surface area contributed by atoms with Gasteiger partial charge < -0.3 is 10.7 Å². The Hall–Kier alpha value is -2.18. The van der Waals surface area contributed by atoms with Crippen molar-refractivity contribution in [2.75, 3.05) is 10.7 Å². The second-order valence-electron chi connectivity index (χ2n) is 3.63. The molecular weight excluding hydrogens is 271 g/mol. The van der Waals surface area contributed by atoms with Gasteiger partial charge in [-0.3, -0.25) is 10.6 Å². The van der Waals surface area contributed by atoms with E-state index < -0.39 is 11.7 Å². The van der Waals surface area contributed by atoms with Crippen molar-refractivity contribution in [3.63, 3.8) is 0 Å². The van der Waals surface area contributed by atoms with E-state index in [1.807, 2.05) is 0 Å². The highest BCUT2D eigenvalue weighted by molar-refractivity contribution is 6.33. The van der Waals surface area contributed by atoms with E-state index in [0.29, 0.717) is 5.69 Å². The normalized spacial score (nSPS) is 10.1. The third-order valence-electron chi connectivity index (χ3n) is 2.36. The Kier molecular flexibility index (Phi) is 3.94. The average molecular weight is 281 g/mol. The lowest BCUT2D eigenvalue weighted by Gasteiger charge is -2.08. The Labute approximate surface area is 113 Å². The summed E-state index contributed by atoms with van der Waals surface area (Å²) in [6.45, 7) is 0. The number of benzene rings is 1. The Bertz CT molecular complexity index is 583. The quantitative estimate of drug-likeness (QED) is 0.596. The van der Waals surface area contributed by atoms with Crippen molar-refractivity contribution in [2.24, 2.45) is 5.84 Å². The number of halogens is 2. The Balaban J connectivity index is 2.20. The summed E-state index contributed by atoms with van der Waals surface area (Å²) in [4.78, 5) is 15.8. The van der Waals surface area contributed by atoms with Crippen molar-refractivity contribution < 1.29 is 9.18 Å². The van der Waals surface area contributed by atoms with Crippen molar-refractivity contribution in [3.05, 3.63) is 53.1 Å². The molecule has 0 spiro atoms. The van der Waals surface area contributed by atoms with Crippen LogP contribution in [-0.4, -0.2) is 10.9 Å². The second-order valence-corrected chi connectivity index (χ2v) is 4.03. The number of hydrogen-bond acceptors (Lipinski definition) is 4. The summed E-state index contributed by atoms with van der Waals surface area (Å²) < 4.78 is 13.5. The van der Waals surface area contributed by atoms with Crippen LogP contribution in [-0.2, 0) is 0 Å². The van der Waals surface area contributed by atoms with E-state index in [1.54, 1.807) is 6.07 Å². The summed E-state index contributed by atoms with van der Waals surface area (Å²) in [6.07, 6.45) is 1.39. The molecule has 0 atom stereocenters. The third-order valence-corrected chi connectivity index (χ3v) is 2.68. The first-order valence-corrected chi connectivity index (χ1v) is 5.67. The number of anilines is 2. The SMILES string of the molecule is NNc1ccc(C(=O)Nc2c(F)cccc2Cl)nc1. The van der Waals surface area contributed by atoms with Gasteiger partial charge in [0.15, 0.2) is 0 Å². The molecule has 0 unspecified atom stereocenters. The molecule has 1 amide bonds. The molecule has 0 bridgehead atoms. The van der Waals surface area contributed by atoms with Gasteiger partial charge in [0.05, 0.1) is 22.6 Å². The minimum Gasteiger partial charge on any atom is -0.323 e. The number of carbonyl (C=O) groups is 1. The topological polar surface area (TPSA) is 80.0 Å². The average Bonchev–Trinajstić information content (AvgIpc) is 2.43. The highest BCUT2D eigenvalue weighted by atomic mass is 35.5. The Morgan fingerprint density at radius 3 is 2.68 bits per heavy atom. The molecule has 7 heteroatoms. The van der Waals surface area contributed by atoms with Crippen LogP contribution in [0, 0.1) is 5.82 Å². The second kappa shape index (κ2) is 5.64. The van der Waals surface area contributed by atoms with Crippen LogP contribution in [0.5, 0.6) is 0 Å². The largest absolute Gasteiger partial charge is 0.323 e. The van der Waals surface area contributed by atoms with Gasteiger partial charge in [0.1, 0.15) is 11.5 Å². The van der Waals surface area contributed by atoms with Crippen molar-refractivity contribution in [3.8, 4) is 0 Å². The number of rotatable bonds is 3. The first kappa shape index (κ1) is 13.3. The molecule has 0 saturated heterocycles. The number of nitrogens with two attached hydrogens (primary N) is 1. The molecule has 2 rings (SSSR count). The van der Waals surface area contributed by atoms with Crippen LogP contribution in [0.2, 0.25) is 5.02 Å². The number of aromatic nitrogens is 1. The van der Waals surface area contributed by atoms with Crippen LogP contribution < -0.4 is 16.6 Å². The van der Waals surface area contributed by atoms with E-state index in [-0.39, 0.29) is 16.4 Å². The van der Waals surface area contributed by atoms with Gasteiger partial charge in [-0.25, -0.2) is 9.37 Å². The fraction of sp³-hybridized carbons (Fsp3) is 0. The fourth-order valence-corrected chi connectivity index (χ4v) is 1.62. The fourth-order valence-electron chi connectivity index (χ4n) is 1.41. The number of carbonyl (C=O) groups excluding carboxylic acids is 1. The number of nitrogen functional groups attached to an aromatic ring is 1. The molecule has 0 saturated carbocycles. The molecule has 2 aromatic rings. The number of pyridine rings is 1. The Morgan fingerprint density at radius 2 is 2.11 bits per heavy atom. The molecule has 98 valence electrons. The van der Waals surface area contributed by atoms with Gasteiger partial charge in [-0.2, -0.15) is 0 Å². The lowest BCUT2D eigenvalue weighted by atomic mass is 10.2. The molecule has 0 radical (unpaired) electrons. The minimum atomic E-state index is -0.610. The molecule has 0 fully saturated rings. The maximum absolute atomic E-state index is 13.5. The van der Waals surface area contributed by atoms with E-state index >= 15 is 0 Å². The molecule has 1 aromatic heterocycles. The van der Waals surface area contributed by atoms with E-state index in [9.17, 15) is 9.18 Å². The van der Waals surface area contributed by atoms with Gasteiger partial charge in [0.25, 0.3) is 5.91 Å². The molecule has 4 N–H and O–H groups in total. The molecule has 0 aliphatic heterocycles. The number of amides is 1. The lowest BCUT2D eigenvalue weighted by Crippen LogP contribution is -2.15. The summed E-state index contributed by atoms with van der Waals surface area (Å²) in [7, 11) is 0. The van der Waals surface area contributed by atoms with Crippen LogP contribution >= 0.6 is 11.6 Å². The van der Waals surface area contributed by atoms with E-state index in [2.05, 4.69) is 15.7 Å². The lowest BCUT2D eigenvalue weighted by molar-refractivity contribution is 0.102. The highest BCUT2D eigenvalue weighted by Crippen LogP contribution is 2.24. The van der Waals surface area contributed by atoms with Crippen LogP contribution in [0.3, 0.4) is 0 Å². The molecule has 0 aliphatic rings. The van der Waals surface area contributed by atoms with Crippen LogP contribution in [0.15, 0.2) is 36.5 Å². The third kappa shape index (κ3) is 2.98. The van der Waals surface area contributed by atoms with Crippen molar-refractivity contribution in [2.45, 2.75) is 0 Å². The van der Waals surface area contributed by atoms with Gasteiger partial charge in [0.2, 0.25) is 0 Å². The minimum absolute atomic E-state index is 0.0722. The molecule has 1 heterocycles. The zero-order chi connectivity index (χ0) is 13.8. The van der Waals surface area contributed by atoms with Gasteiger partial charge in [0, 0.05) is 0 Å². The molecule has 1 aromatic carbocycles. The van der Waals surface area contributed by atoms with E-state index in [0.717, 1.165) is 0 Å². The molecule has 19 heavy (non-hydrogen) atoms. The summed E-state index contributed by atoms with van der Waals surface area (Å²) >= 11 is 5.81. The summed E-state index contributed by atoms with van der Waals surface area (Å²) in [6, 6.07) is 7.17. The van der Waals surface area contributed by atoms with E-state index in [1.165, 1.54) is 30.5 Å². The number of nitrogens with zero attached hydrogens (tertiary/aromatic N) is 1. The predicted molar refractivity (Wildman–Crippen MR) is 71.4 cm³/mol. The zero-order valence-electron chi connectivity index (χ0n) is 9.65. The molecule has 0 aliphatic carbocycles. The number of nitrogens with one attached hydrogen (secondary N) is 2. The number of hydrazine groups is 1. The first-order chi connectivity index (χ1) is 9.11.